The molecule has 0 spiro atoms. The molecule has 0 aliphatic carbocycles. The Morgan fingerprint density at radius 2 is 2.29 bits per heavy atom. The number of hydrogen-bond donors (Lipinski definition) is 2. The second-order valence-corrected chi connectivity index (χ2v) is 4.67. The zero-order valence-electron chi connectivity index (χ0n) is 11.5. The first-order valence-corrected chi connectivity index (χ1v) is 6.74. The number of carbonyl (C=O) groups excluding carboxylic acids is 1. The summed E-state index contributed by atoms with van der Waals surface area (Å²) in [4.78, 5) is 17.4. The fourth-order valence-electron chi connectivity index (χ4n) is 1.96. The minimum atomic E-state index is -0.250. The van der Waals surface area contributed by atoms with Crippen LogP contribution < -0.4 is 10.6 Å². The quantitative estimate of drug-likeness (QED) is 0.717. The predicted octanol–water partition coefficient (Wildman–Crippen LogP) is 0.0793. The molecule has 1 aromatic heterocycles. The van der Waals surface area contributed by atoms with Gasteiger partial charge in [-0.25, -0.2) is 4.98 Å². The summed E-state index contributed by atoms with van der Waals surface area (Å²) < 4.78 is 0. The first-order chi connectivity index (χ1) is 10.2. The van der Waals surface area contributed by atoms with Crippen LogP contribution in [0.3, 0.4) is 0 Å². The molecule has 2 rings (SSSR count). The number of aromatic nitrogens is 1. The average molecular weight is 284 g/mol. The molecular weight excluding hydrogens is 268 g/mol. The van der Waals surface area contributed by atoms with E-state index in [2.05, 4.69) is 21.7 Å². The predicted molar refractivity (Wildman–Crippen MR) is 76.0 cm³/mol. The average Bonchev–Trinajstić information content (AvgIpc) is 2.47. The number of hydrogen-bond acceptors (Lipinski definition) is 6. The molecule has 1 amide bonds. The maximum absolute atomic E-state index is 11.7. The molecule has 2 heterocycles. The van der Waals surface area contributed by atoms with Crippen molar-refractivity contribution in [3.8, 4) is 12.1 Å². The van der Waals surface area contributed by atoms with Crippen LogP contribution in [-0.4, -0.2) is 48.0 Å². The Hall–Kier alpha value is -2.64. The van der Waals surface area contributed by atoms with Crippen molar-refractivity contribution < 1.29 is 4.79 Å². The fraction of sp³-hybridized carbons (Fsp3) is 0.429. The summed E-state index contributed by atoms with van der Waals surface area (Å²) in [5.41, 5.74) is 0.519. The summed E-state index contributed by atoms with van der Waals surface area (Å²) >= 11 is 0. The van der Waals surface area contributed by atoms with Gasteiger partial charge in [-0.05, 0) is 18.6 Å². The van der Waals surface area contributed by atoms with E-state index in [0.717, 1.165) is 6.42 Å². The Kier molecular flexibility index (Phi) is 5.08. The van der Waals surface area contributed by atoms with E-state index in [9.17, 15) is 4.79 Å². The summed E-state index contributed by atoms with van der Waals surface area (Å²) in [5, 5.41) is 23.5. The number of likely N-dealkylation sites (tertiary alicyclic amines) is 1. The molecule has 1 fully saturated rings. The van der Waals surface area contributed by atoms with Crippen molar-refractivity contribution in [2.24, 2.45) is 0 Å². The number of carbonyl (C=O) groups is 1. The Balaban J connectivity index is 1.61. The molecule has 21 heavy (non-hydrogen) atoms. The van der Waals surface area contributed by atoms with Crippen LogP contribution in [0.5, 0.6) is 0 Å². The summed E-state index contributed by atoms with van der Waals surface area (Å²) in [6.45, 7) is 2.14. The SMILES string of the molecule is N#Cc1ccc(NCCNCC(=O)N2CCC2C#N)nc1. The molecule has 1 aliphatic rings. The van der Waals surface area contributed by atoms with Gasteiger partial charge in [0, 0.05) is 25.8 Å². The van der Waals surface area contributed by atoms with Gasteiger partial charge in [0.1, 0.15) is 17.9 Å². The third-order valence-corrected chi connectivity index (χ3v) is 3.27. The van der Waals surface area contributed by atoms with Crippen molar-refractivity contribution >= 4 is 11.7 Å². The fourth-order valence-corrected chi connectivity index (χ4v) is 1.96. The van der Waals surface area contributed by atoms with E-state index in [1.165, 1.54) is 6.20 Å². The molecule has 2 N–H and O–H groups in total. The van der Waals surface area contributed by atoms with Crippen molar-refractivity contribution in [2.75, 3.05) is 31.5 Å². The van der Waals surface area contributed by atoms with E-state index >= 15 is 0 Å². The van der Waals surface area contributed by atoms with Gasteiger partial charge in [0.2, 0.25) is 5.91 Å². The highest BCUT2D eigenvalue weighted by molar-refractivity contribution is 5.79. The van der Waals surface area contributed by atoms with E-state index in [1.54, 1.807) is 17.0 Å². The van der Waals surface area contributed by atoms with Gasteiger partial charge < -0.3 is 15.5 Å². The highest BCUT2D eigenvalue weighted by Gasteiger charge is 2.31. The highest BCUT2D eigenvalue weighted by atomic mass is 16.2. The molecular formula is C14H16N6O. The number of nitrogens with zero attached hydrogens (tertiary/aromatic N) is 4. The van der Waals surface area contributed by atoms with Crippen LogP contribution in [0.4, 0.5) is 5.82 Å². The molecule has 1 unspecified atom stereocenters. The topological polar surface area (TPSA) is 105 Å². The molecule has 0 aromatic carbocycles. The zero-order valence-corrected chi connectivity index (χ0v) is 11.5. The summed E-state index contributed by atoms with van der Waals surface area (Å²) in [7, 11) is 0. The van der Waals surface area contributed by atoms with E-state index in [-0.39, 0.29) is 18.5 Å². The van der Waals surface area contributed by atoms with Crippen LogP contribution in [0, 0.1) is 22.7 Å². The summed E-state index contributed by atoms with van der Waals surface area (Å²) in [5.74, 6) is 0.652. The highest BCUT2D eigenvalue weighted by Crippen LogP contribution is 2.15. The summed E-state index contributed by atoms with van der Waals surface area (Å²) in [6.07, 6.45) is 2.28. The number of anilines is 1. The number of pyridine rings is 1. The van der Waals surface area contributed by atoms with Gasteiger partial charge in [-0.15, -0.1) is 0 Å². The molecule has 7 nitrogen and oxygen atoms in total. The van der Waals surface area contributed by atoms with Gasteiger partial charge >= 0.3 is 0 Å². The molecule has 0 saturated carbocycles. The number of rotatable bonds is 6. The van der Waals surface area contributed by atoms with Crippen LogP contribution in [0.25, 0.3) is 0 Å². The van der Waals surface area contributed by atoms with Crippen LogP contribution in [0.15, 0.2) is 18.3 Å². The Bertz CT molecular complexity index is 571. The molecule has 108 valence electrons. The standard InChI is InChI=1S/C14H16N6O/c15-7-11-1-2-13(19-9-11)18-5-4-17-10-14(21)20-6-3-12(20)8-16/h1-2,9,12,17H,3-6,10H2,(H,18,19). The first-order valence-electron chi connectivity index (χ1n) is 6.74. The van der Waals surface area contributed by atoms with Gasteiger partial charge in [-0.2, -0.15) is 10.5 Å². The number of amides is 1. The van der Waals surface area contributed by atoms with Gasteiger partial charge in [0.05, 0.1) is 18.2 Å². The van der Waals surface area contributed by atoms with E-state index in [0.29, 0.717) is 31.0 Å². The van der Waals surface area contributed by atoms with E-state index in [4.69, 9.17) is 10.5 Å². The lowest BCUT2D eigenvalue weighted by molar-refractivity contribution is -0.135. The van der Waals surface area contributed by atoms with Crippen LogP contribution >= 0.6 is 0 Å². The van der Waals surface area contributed by atoms with Gasteiger partial charge in [0.25, 0.3) is 0 Å². The van der Waals surface area contributed by atoms with Crippen LogP contribution in [-0.2, 0) is 4.79 Å². The van der Waals surface area contributed by atoms with Crippen molar-refractivity contribution in [2.45, 2.75) is 12.5 Å². The maximum Gasteiger partial charge on any atom is 0.237 e. The number of nitriles is 2. The lowest BCUT2D eigenvalue weighted by Crippen LogP contribution is -2.53. The van der Waals surface area contributed by atoms with Gasteiger partial charge in [-0.3, -0.25) is 4.79 Å². The molecule has 1 atom stereocenters. The molecule has 0 radical (unpaired) electrons. The van der Waals surface area contributed by atoms with Crippen molar-refractivity contribution in [1.82, 2.24) is 15.2 Å². The first kappa shape index (κ1) is 14.8. The van der Waals surface area contributed by atoms with E-state index in [1.807, 2.05) is 6.07 Å². The lowest BCUT2D eigenvalue weighted by atomic mass is 10.1. The largest absolute Gasteiger partial charge is 0.369 e. The maximum atomic E-state index is 11.7. The van der Waals surface area contributed by atoms with Crippen LogP contribution in [0.1, 0.15) is 12.0 Å². The molecule has 1 aromatic rings. The minimum Gasteiger partial charge on any atom is -0.369 e. The molecule has 1 saturated heterocycles. The zero-order chi connectivity index (χ0) is 15.1. The summed E-state index contributed by atoms with van der Waals surface area (Å²) in [6, 6.07) is 7.28. The molecule has 0 bridgehead atoms. The third kappa shape index (κ3) is 3.91. The molecule has 1 aliphatic heterocycles. The van der Waals surface area contributed by atoms with Crippen molar-refractivity contribution in [3.63, 3.8) is 0 Å². The monoisotopic (exact) mass is 284 g/mol. The Morgan fingerprint density at radius 1 is 1.43 bits per heavy atom. The van der Waals surface area contributed by atoms with Crippen LogP contribution in [0.2, 0.25) is 0 Å². The minimum absolute atomic E-state index is 0.0377. The molecule has 7 heteroatoms. The van der Waals surface area contributed by atoms with Gasteiger partial charge in [-0.1, -0.05) is 0 Å². The Labute approximate surface area is 123 Å². The van der Waals surface area contributed by atoms with E-state index < -0.39 is 0 Å². The normalized spacial score (nSPS) is 16.5. The van der Waals surface area contributed by atoms with Crippen molar-refractivity contribution in [3.05, 3.63) is 23.9 Å². The number of nitrogens with one attached hydrogen (secondary N) is 2. The second kappa shape index (κ2) is 7.22. The lowest BCUT2D eigenvalue weighted by Gasteiger charge is -2.36. The van der Waals surface area contributed by atoms with Gasteiger partial charge in [0.15, 0.2) is 0 Å². The third-order valence-electron chi connectivity index (χ3n) is 3.27. The Morgan fingerprint density at radius 3 is 2.86 bits per heavy atom. The smallest absolute Gasteiger partial charge is 0.237 e. The second-order valence-electron chi connectivity index (χ2n) is 4.67. The van der Waals surface area contributed by atoms with Crippen molar-refractivity contribution in [1.29, 1.82) is 10.5 Å².